The number of halogens is 1. The van der Waals surface area contributed by atoms with E-state index in [0.29, 0.717) is 0 Å². The van der Waals surface area contributed by atoms with Gasteiger partial charge in [-0.25, -0.2) is 4.39 Å². The zero-order valence-corrected chi connectivity index (χ0v) is 13.5. The molecular weight excluding hydrogens is 293 g/mol. The minimum Gasteiger partial charge on any atom is -0.274 e. The fraction of sp³-hybridized carbons (Fsp3) is 0.263. The minimum atomic E-state index is -0.740. The molecule has 0 heterocycles. The lowest BCUT2D eigenvalue weighted by atomic mass is 9.94. The molecule has 0 aromatic heterocycles. The van der Waals surface area contributed by atoms with Gasteiger partial charge in [0.2, 0.25) is 5.91 Å². The number of imide groups is 1. The topological polar surface area (TPSA) is 37.4 Å². The molecule has 0 N–H and O–H groups in total. The first kappa shape index (κ1) is 16.9. The number of rotatable bonds is 3. The molecule has 2 aromatic carbocycles. The molecule has 2 rings (SSSR count). The van der Waals surface area contributed by atoms with Crippen LogP contribution in [0.4, 0.5) is 4.39 Å². The van der Waals surface area contributed by atoms with Crippen molar-refractivity contribution >= 4 is 11.8 Å². The molecule has 4 heteroatoms. The first-order chi connectivity index (χ1) is 10.8. The van der Waals surface area contributed by atoms with Crippen molar-refractivity contribution in [2.24, 2.45) is 5.41 Å². The molecule has 0 aliphatic rings. The van der Waals surface area contributed by atoms with Crippen molar-refractivity contribution in [2.45, 2.75) is 27.3 Å². The molecule has 0 saturated carbocycles. The maximum absolute atomic E-state index is 13.9. The normalized spacial score (nSPS) is 11.1. The molecular formula is C19H20FNO2. The SMILES string of the molecule is CC(C)(C)C(=O)N(Cc1ccccc1)C(=O)c1ccccc1F. The lowest BCUT2D eigenvalue weighted by Gasteiger charge is -2.28. The molecule has 0 aliphatic heterocycles. The Morgan fingerprint density at radius 2 is 1.52 bits per heavy atom. The third-order valence-corrected chi connectivity index (χ3v) is 3.42. The molecule has 0 fully saturated rings. The van der Waals surface area contributed by atoms with E-state index in [1.165, 1.54) is 18.2 Å². The van der Waals surface area contributed by atoms with Crippen LogP contribution in [-0.2, 0) is 11.3 Å². The van der Waals surface area contributed by atoms with Crippen molar-refractivity contribution < 1.29 is 14.0 Å². The lowest BCUT2D eigenvalue weighted by molar-refractivity contribution is -0.137. The van der Waals surface area contributed by atoms with Crippen LogP contribution in [0.5, 0.6) is 0 Å². The Morgan fingerprint density at radius 3 is 2.09 bits per heavy atom. The summed E-state index contributed by atoms with van der Waals surface area (Å²) in [4.78, 5) is 26.5. The van der Waals surface area contributed by atoms with Crippen molar-refractivity contribution in [1.29, 1.82) is 0 Å². The van der Waals surface area contributed by atoms with Gasteiger partial charge in [-0.3, -0.25) is 14.5 Å². The van der Waals surface area contributed by atoms with Gasteiger partial charge in [0.05, 0.1) is 12.1 Å². The van der Waals surface area contributed by atoms with E-state index in [2.05, 4.69) is 0 Å². The van der Waals surface area contributed by atoms with Crippen LogP contribution in [0.25, 0.3) is 0 Å². The summed E-state index contributed by atoms with van der Waals surface area (Å²) < 4.78 is 13.9. The Bertz CT molecular complexity index is 705. The fourth-order valence-electron chi connectivity index (χ4n) is 2.19. The molecule has 0 atom stereocenters. The van der Waals surface area contributed by atoms with Crippen LogP contribution in [0.3, 0.4) is 0 Å². The highest BCUT2D eigenvalue weighted by Crippen LogP contribution is 2.22. The molecule has 0 radical (unpaired) electrons. The van der Waals surface area contributed by atoms with E-state index in [9.17, 15) is 14.0 Å². The lowest BCUT2D eigenvalue weighted by Crippen LogP contribution is -2.43. The average molecular weight is 313 g/mol. The molecule has 3 nitrogen and oxygen atoms in total. The van der Waals surface area contributed by atoms with E-state index >= 15 is 0 Å². The van der Waals surface area contributed by atoms with Gasteiger partial charge in [0.15, 0.2) is 0 Å². The second kappa shape index (κ2) is 6.73. The van der Waals surface area contributed by atoms with Crippen LogP contribution < -0.4 is 0 Å². The molecule has 23 heavy (non-hydrogen) atoms. The number of hydrogen-bond acceptors (Lipinski definition) is 2. The Hall–Kier alpha value is -2.49. The fourth-order valence-corrected chi connectivity index (χ4v) is 2.19. The summed E-state index contributed by atoms with van der Waals surface area (Å²) in [6.45, 7) is 5.33. The molecule has 0 unspecified atom stereocenters. The van der Waals surface area contributed by atoms with Crippen molar-refractivity contribution in [1.82, 2.24) is 4.90 Å². The number of amides is 2. The number of carbonyl (C=O) groups excluding carboxylic acids is 2. The van der Waals surface area contributed by atoms with Gasteiger partial charge in [0, 0.05) is 5.41 Å². The summed E-state index contributed by atoms with van der Waals surface area (Å²) in [5.41, 5.74) is -0.0220. The second-order valence-electron chi connectivity index (χ2n) is 6.41. The zero-order chi connectivity index (χ0) is 17.0. The highest BCUT2D eigenvalue weighted by atomic mass is 19.1. The van der Waals surface area contributed by atoms with Crippen LogP contribution >= 0.6 is 0 Å². The summed E-state index contributed by atoms with van der Waals surface area (Å²) in [5.74, 6) is -1.58. The summed E-state index contributed by atoms with van der Waals surface area (Å²) >= 11 is 0. The zero-order valence-electron chi connectivity index (χ0n) is 13.5. The van der Waals surface area contributed by atoms with Crippen LogP contribution in [0, 0.1) is 11.2 Å². The monoisotopic (exact) mass is 313 g/mol. The van der Waals surface area contributed by atoms with E-state index in [-0.39, 0.29) is 18.0 Å². The van der Waals surface area contributed by atoms with Gasteiger partial charge in [-0.1, -0.05) is 63.2 Å². The van der Waals surface area contributed by atoms with Crippen molar-refractivity contribution in [3.8, 4) is 0 Å². The summed E-state index contributed by atoms with van der Waals surface area (Å²) in [5, 5.41) is 0. The largest absolute Gasteiger partial charge is 0.274 e. The first-order valence-corrected chi connectivity index (χ1v) is 7.45. The molecule has 2 aromatic rings. The van der Waals surface area contributed by atoms with Gasteiger partial charge in [0.1, 0.15) is 5.82 Å². The van der Waals surface area contributed by atoms with Gasteiger partial charge in [-0.05, 0) is 17.7 Å². The van der Waals surface area contributed by atoms with Crippen LogP contribution in [-0.4, -0.2) is 16.7 Å². The summed E-state index contributed by atoms with van der Waals surface area (Å²) in [6, 6.07) is 14.9. The van der Waals surface area contributed by atoms with E-state index in [4.69, 9.17) is 0 Å². The quantitative estimate of drug-likeness (QED) is 0.857. The molecule has 0 spiro atoms. The molecule has 0 bridgehead atoms. The molecule has 120 valence electrons. The summed E-state index contributed by atoms with van der Waals surface area (Å²) in [6.07, 6.45) is 0. The molecule has 0 aliphatic carbocycles. The van der Waals surface area contributed by atoms with Crippen molar-refractivity contribution in [2.75, 3.05) is 0 Å². The third kappa shape index (κ3) is 4.03. The third-order valence-electron chi connectivity index (χ3n) is 3.42. The van der Waals surface area contributed by atoms with Crippen LogP contribution in [0.2, 0.25) is 0 Å². The number of nitrogens with zero attached hydrogens (tertiary/aromatic N) is 1. The van der Waals surface area contributed by atoms with E-state index in [1.807, 2.05) is 30.3 Å². The Labute approximate surface area is 135 Å². The van der Waals surface area contributed by atoms with E-state index < -0.39 is 17.1 Å². The van der Waals surface area contributed by atoms with Crippen LogP contribution in [0.1, 0.15) is 36.7 Å². The highest BCUT2D eigenvalue weighted by molar-refractivity contribution is 6.06. The Morgan fingerprint density at radius 1 is 0.957 bits per heavy atom. The minimum absolute atomic E-state index is 0.0963. The predicted octanol–water partition coefficient (Wildman–Crippen LogP) is 4.04. The standard InChI is InChI=1S/C19H20FNO2/c1-19(2,3)18(23)21(13-14-9-5-4-6-10-14)17(22)15-11-7-8-12-16(15)20/h4-12H,13H2,1-3H3. The van der Waals surface area contributed by atoms with Gasteiger partial charge < -0.3 is 0 Å². The van der Waals surface area contributed by atoms with Gasteiger partial charge >= 0.3 is 0 Å². The van der Waals surface area contributed by atoms with Gasteiger partial charge in [-0.2, -0.15) is 0 Å². The predicted molar refractivity (Wildman–Crippen MR) is 87.2 cm³/mol. The Balaban J connectivity index is 2.39. The van der Waals surface area contributed by atoms with Crippen molar-refractivity contribution in [3.63, 3.8) is 0 Å². The summed E-state index contributed by atoms with van der Waals surface area (Å²) in [7, 11) is 0. The van der Waals surface area contributed by atoms with Crippen LogP contribution in [0.15, 0.2) is 54.6 Å². The number of benzene rings is 2. The molecule has 2 amide bonds. The maximum atomic E-state index is 13.9. The highest BCUT2D eigenvalue weighted by Gasteiger charge is 2.32. The first-order valence-electron chi connectivity index (χ1n) is 7.45. The van der Waals surface area contributed by atoms with Crippen molar-refractivity contribution in [3.05, 3.63) is 71.5 Å². The number of hydrogen-bond donors (Lipinski definition) is 0. The average Bonchev–Trinajstić information content (AvgIpc) is 2.52. The van der Waals surface area contributed by atoms with E-state index in [0.717, 1.165) is 10.5 Å². The smallest absolute Gasteiger partial charge is 0.263 e. The van der Waals surface area contributed by atoms with E-state index in [1.54, 1.807) is 26.8 Å². The van der Waals surface area contributed by atoms with Gasteiger partial charge in [0.25, 0.3) is 5.91 Å². The van der Waals surface area contributed by atoms with Gasteiger partial charge in [-0.15, -0.1) is 0 Å². The Kier molecular flexibility index (Phi) is 4.94. The maximum Gasteiger partial charge on any atom is 0.263 e. The molecule has 0 saturated heterocycles. The number of carbonyl (C=O) groups is 2. The second-order valence-corrected chi connectivity index (χ2v) is 6.41.